The molecule has 0 bridgehead atoms. The molecule has 0 saturated carbocycles. The summed E-state index contributed by atoms with van der Waals surface area (Å²) in [5, 5.41) is 5.41. The van der Waals surface area contributed by atoms with Gasteiger partial charge in [-0.3, -0.25) is 9.59 Å². The standard InChI is InChI=1S/C23H37N3O4/c1-8-14-26(19(27)15-24-22(29)30-23(5,6)7)20(21(28)25-16(3)4)18-12-10-17(9-2)11-13-18/h10-13,16,20H,8-9,14-15H2,1-7H3,(H,24,29)(H,25,28). The predicted octanol–water partition coefficient (Wildman–Crippen LogP) is 3.58. The monoisotopic (exact) mass is 419 g/mol. The second-order valence-electron chi connectivity index (χ2n) is 8.60. The van der Waals surface area contributed by atoms with Gasteiger partial charge in [-0.25, -0.2) is 4.79 Å². The number of benzene rings is 1. The third-order valence-electron chi connectivity index (χ3n) is 4.26. The highest BCUT2D eigenvalue weighted by Gasteiger charge is 2.31. The van der Waals surface area contributed by atoms with E-state index >= 15 is 0 Å². The highest BCUT2D eigenvalue weighted by Crippen LogP contribution is 2.23. The maximum Gasteiger partial charge on any atom is 0.408 e. The number of carbonyl (C=O) groups excluding carboxylic acids is 3. The molecular formula is C23H37N3O4. The van der Waals surface area contributed by atoms with Gasteiger partial charge in [-0.05, 0) is 58.6 Å². The van der Waals surface area contributed by atoms with Crippen molar-refractivity contribution in [1.29, 1.82) is 0 Å². The van der Waals surface area contributed by atoms with Gasteiger partial charge in [0, 0.05) is 12.6 Å². The Bertz CT molecular complexity index is 708. The van der Waals surface area contributed by atoms with E-state index < -0.39 is 17.7 Å². The van der Waals surface area contributed by atoms with Crippen LogP contribution in [0.1, 0.15) is 72.1 Å². The average molecular weight is 420 g/mol. The third kappa shape index (κ3) is 8.43. The van der Waals surface area contributed by atoms with Crippen LogP contribution in [0.25, 0.3) is 0 Å². The minimum absolute atomic E-state index is 0.0617. The molecule has 0 aliphatic rings. The van der Waals surface area contributed by atoms with E-state index in [1.807, 2.05) is 45.0 Å². The van der Waals surface area contributed by atoms with Gasteiger partial charge in [-0.2, -0.15) is 0 Å². The summed E-state index contributed by atoms with van der Waals surface area (Å²) >= 11 is 0. The van der Waals surface area contributed by atoms with Gasteiger partial charge in [-0.15, -0.1) is 0 Å². The molecule has 0 aromatic heterocycles. The summed E-state index contributed by atoms with van der Waals surface area (Å²) in [5.41, 5.74) is 1.24. The number of ether oxygens (including phenoxy) is 1. The number of rotatable bonds is 9. The van der Waals surface area contributed by atoms with Gasteiger partial charge < -0.3 is 20.3 Å². The first kappa shape index (κ1) is 25.5. The van der Waals surface area contributed by atoms with Crippen LogP contribution < -0.4 is 10.6 Å². The summed E-state index contributed by atoms with van der Waals surface area (Å²) in [4.78, 5) is 39.5. The number of hydrogen-bond acceptors (Lipinski definition) is 4. The summed E-state index contributed by atoms with van der Waals surface area (Å²) < 4.78 is 5.20. The minimum Gasteiger partial charge on any atom is -0.444 e. The van der Waals surface area contributed by atoms with Crippen molar-refractivity contribution in [3.63, 3.8) is 0 Å². The zero-order chi connectivity index (χ0) is 22.9. The van der Waals surface area contributed by atoms with Gasteiger partial charge in [0.2, 0.25) is 11.8 Å². The smallest absolute Gasteiger partial charge is 0.408 e. The Morgan fingerprint density at radius 1 is 1.07 bits per heavy atom. The number of hydrogen-bond donors (Lipinski definition) is 2. The van der Waals surface area contributed by atoms with E-state index in [4.69, 9.17) is 4.74 Å². The van der Waals surface area contributed by atoms with Crippen LogP contribution in [0.2, 0.25) is 0 Å². The molecule has 3 amide bonds. The van der Waals surface area contributed by atoms with E-state index in [0.717, 1.165) is 17.5 Å². The van der Waals surface area contributed by atoms with Gasteiger partial charge in [0.05, 0.1) is 0 Å². The topological polar surface area (TPSA) is 87.7 Å². The fourth-order valence-corrected chi connectivity index (χ4v) is 2.97. The van der Waals surface area contributed by atoms with Crippen LogP contribution >= 0.6 is 0 Å². The molecule has 1 unspecified atom stereocenters. The Hall–Kier alpha value is -2.57. The SMILES string of the molecule is CCCN(C(=O)CNC(=O)OC(C)(C)C)C(C(=O)NC(C)C)c1ccc(CC)cc1. The Labute approximate surface area is 180 Å². The molecule has 7 nitrogen and oxygen atoms in total. The number of carbonyl (C=O) groups is 3. The fourth-order valence-electron chi connectivity index (χ4n) is 2.97. The van der Waals surface area contributed by atoms with Crippen LogP contribution in [0.5, 0.6) is 0 Å². The molecule has 1 aromatic carbocycles. The van der Waals surface area contributed by atoms with Gasteiger partial charge in [0.1, 0.15) is 18.2 Å². The lowest BCUT2D eigenvalue weighted by atomic mass is 10.0. The first-order valence-corrected chi connectivity index (χ1v) is 10.6. The van der Waals surface area contributed by atoms with E-state index in [2.05, 4.69) is 17.6 Å². The number of amides is 3. The molecular weight excluding hydrogens is 382 g/mol. The zero-order valence-corrected chi connectivity index (χ0v) is 19.4. The van der Waals surface area contributed by atoms with Crippen molar-refractivity contribution in [2.24, 2.45) is 0 Å². The Kier molecular flexibility index (Phi) is 9.82. The molecule has 0 aliphatic carbocycles. The van der Waals surface area contributed by atoms with Crippen LogP contribution in [0.15, 0.2) is 24.3 Å². The Morgan fingerprint density at radius 3 is 2.13 bits per heavy atom. The lowest BCUT2D eigenvalue weighted by Crippen LogP contribution is -2.49. The summed E-state index contributed by atoms with van der Waals surface area (Å²) in [6.45, 7) is 13.2. The van der Waals surface area contributed by atoms with Crippen molar-refractivity contribution < 1.29 is 19.1 Å². The van der Waals surface area contributed by atoms with Crippen LogP contribution in [-0.2, 0) is 20.7 Å². The lowest BCUT2D eigenvalue weighted by molar-refractivity contribution is -0.140. The minimum atomic E-state index is -0.772. The molecule has 0 saturated heterocycles. The summed E-state index contributed by atoms with van der Waals surface area (Å²) in [5.74, 6) is -0.584. The van der Waals surface area contributed by atoms with Gasteiger partial charge in [0.25, 0.3) is 0 Å². The van der Waals surface area contributed by atoms with Crippen LogP contribution in [0.3, 0.4) is 0 Å². The summed E-state index contributed by atoms with van der Waals surface area (Å²) in [6, 6.07) is 6.89. The molecule has 1 aromatic rings. The van der Waals surface area contributed by atoms with E-state index in [9.17, 15) is 14.4 Å². The normalized spacial score (nSPS) is 12.3. The van der Waals surface area contributed by atoms with E-state index in [1.54, 1.807) is 20.8 Å². The van der Waals surface area contributed by atoms with E-state index in [1.165, 1.54) is 4.90 Å². The largest absolute Gasteiger partial charge is 0.444 e. The molecule has 7 heteroatoms. The third-order valence-corrected chi connectivity index (χ3v) is 4.26. The maximum atomic E-state index is 13.0. The zero-order valence-electron chi connectivity index (χ0n) is 19.4. The molecule has 0 heterocycles. The van der Waals surface area contributed by atoms with Gasteiger partial charge >= 0.3 is 6.09 Å². The van der Waals surface area contributed by atoms with Gasteiger partial charge in [0.15, 0.2) is 0 Å². The van der Waals surface area contributed by atoms with Crippen molar-refractivity contribution in [1.82, 2.24) is 15.5 Å². The first-order chi connectivity index (χ1) is 14.0. The van der Waals surface area contributed by atoms with Crippen LogP contribution in [0, 0.1) is 0 Å². The number of nitrogens with one attached hydrogen (secondary N) is 2. The van der Waals surface area contributed by atoms with E-state index in [0.29, 0.717) is 13.0 Å². The molecule has 0 radical (unpaired) electrons. The van der Waals surface area contributed by atoms with Crippen molar-refractivity contribution in [3.8, 4) is 0 Å². The fraction of sp³-hybridized carbons (Fsp3) is 0.609. The highest BCUT2D eigenvalue weighted by molar-refractivity contribution is 5.90. The van der Waals surface area contributed by atoms with Crippen LogP contribution in [0.4, 0.5) is 4.79 Å². The van der Waals surface area contributed by atoms with Crippen molar-refractivity contribution in [2.45, 2.75) is 79.0 Å². The summed E-state index contributed by atoms with van der Waals surface area (Å²) in [7, 11) is 0. The molecule has 0 aliphatic heterocycles. The lowest BCUT2D eigenvalue weighted by Gasteiger charge is -2.32. The molecule has 0 fully saturated rings. The highest BCUT2D eigenvalue weighted by atomic mass is 16.6. The number of aryl methyl sites for hydroxylation is 1. The first-order valence-electron chi connectivity index (χ1n) is 10.6. The Balaban J connectivity index is 3.11. The van der Waals surface area contributed by atoms with Gasteiger partial charge in [-0.1, -0.05) is 38.1 Å². The average Bonchev–Trinajstić information content (AvgIpc) is 2.64. The van der Waals surface area contributed by atoms with Crippen molar-refractivity contribution in [3.05, 3.63) is 35.4 Å². The van der Waals surface area contributed by atoms with E-state index in [-0.39, 0.29) is 24.4 Å². The number of alkyl carbamates (subject to hydrolysis) is 1. The summed E-state index contributed by atoms with van der Waals surface area (Å²) in [6.07, 6.45) is 0.903. The Morgan fingerprint density at radius 2 is 1.67 bits per heavy atom. The second-order valence-corrected chi connectivity index (χ2v) is 8.60. The van der Waals surface area contributed by atoms with Crippen molar-refractivity contribution in [2.75, 3.05) is 13.1 Å². The molecule has 168 valence electrons. The molecule has 30 heavy (non-hydrogen) atoms. The molecule has 2 N–H and O–H groups in total. The molecule has 1 atom stereocenters. The molecule has 1 rings (SSSR count). The molecule has 0 spiro atoms. The maximum absolute atomic E-state index is 13.0. The predicted molar refractivity (Wildman–Crippen MR) is 118 cm³/mol. The van der Waals surface area contributed by atoms with Crippen molar-refractivity contribution >= 4 is 17.9 Å². The second kappa shape index (κ2) is 11.6. The quantitative estimate of drug-likeness (QED) is 0.640. The number of nitrogens with zero attached hydrogens (tertiary/aromatic N) is 1. The van der Waals surface area contributed by atoms with Crippen LogP contribution in [-0.4, -0.2) is 47.5 Å².